The van der Waals surface area contributed by atoms with Crippen LogP contribution in [0.2, 0.25) is 0 Å². The first-order chi connectivity index (χ1) is 9.24. The van der Waals surface area contributed by atoms with Crippen molar-refractivity contribution in [1.82, 2.24) is 9.97 Å². The van der Waals surface area contributed by atoms with Crippen molar-refractivity contribution in [2.24, 2.45) is 11.7 Å². The maximum Gasteiger partial charge on any atom is 0.231 e. The highest BCUT2D eigenvalue weighted by atomic mass is 16.5. The van der Waals surface area contributed by atoms with Crippen LogP contribution in [0.4, 0.5) is 5.69 Å². The maximum atomic E-state index is 12.1. The number of nitrogens with zero attached hydrogens (tertiary/aromatic N) is 2. The molecule has 3 N–H and O–H groups in total. The van der Waals surface area contributed by atoms with Crippen LogP contribution in [0.15, 0.2) is 30.6 Å². The molecule has 19 heavy (non-hydrogen) atoms. The summed E-state index contributed by atoms with van der Waals surface area (Å²) in [5, 5.41) is 2.84. The monoisotopic (exact) mass is 258 g/mol. The normalized spacial score (nSPS) is 22.6. The smallest absolute Gasteiger partial charge is 0.231 e. The zero-order valence-corrected chi connectivity index (χ0v) is 10.2. The molecule has 2 atom stereocenters. The van der Waals surface area contributed by atoms with E-state index in [1.807, 2.05) is 6.07 Å². The molecule has 3 rings (SSSR count). The molecule has 0 saturated carbocycles. The molecule has 1 saturated heterocycles. The molecule has 0 bridgehead atoms. The standard InChI is InChI=1S/C13H14N4O2/c14-10-7-19-6-9(10)13(18)17-8-1-2-11-12(5-8)16-4-3-15-11/h1-5,9-10H,6-7,14H2,(H,17,18). The number of aromatic nitrogens is 2. The van der Waals surface area contributed by atoms with Crippen molar-refractivity contribution in [3.8, 4) is 0 Å². The zero-order chi connectivity index (χ0) is 13.2. The van der Waals surface area contributed by atoms with Crippen molar-refractivity contribution in [3.63, 3.8) is 0 Å². The molecule has 98 valence electrons. The Kier molecular flexibility index (Phi) is 3.10. The van der Waals surface area contributed by atoms with Gasteiger partial charge in [0.25, 0.3) is 0 Å². The minimum absolute atomic E-state index is 0.117. The number of benzene rings is 1. The van der Waals surface area contributed by atoms with E-state index in [4.69, 9.17) is 10.5 Å². The Balaban J connectivity index is 1.79. The van der Waals surface area contributed by atoms with Crippen LogP contribution in [0.3, 0.4) is 0 Å². The van der Waals surface area contributed by atoms with Crippen LogP contribution < -0.4 is 11.1 Å². The van der Waals surface area contributed by atoms with Crippen molar-refractivity contribution in [2.45, 2.75) is 6.04 Å². The molecule has 1 aliphatic heterocycles. The molecule has 0 aliphatic carbocycles. The number of nitrogens with one attached hydrogen (secondary N) is 1. The highest BCUT2D eigenvalue weighted by Gasteiger charge is 2.31. The predicted molar refractivity (Wildman–Crippen MR) is 70.5 cm³/mol. The van der Waals surface area contributed by atoms with Crippen LogP contribution in [0.1, 0.15) is 0 Å². The molecule has 1 aromatic carbocycles. The largest absolute Gasteiger partial charge is 0.379 e. The molecular formula is C13H14N4O2. The number of carbonyl (C=O) groups excluding carboxylic acids is 1. The Morgan fingerprint density at radius 3 is 2.79 bits per heavy atom. The minimum Gasteiger partial charge on any atom is -0.379 e. The van der Waals surface area contributed by atoms with Crippen molar-refractivity contribution in [2.75, 3.05) is 18.5 Å². The summed E-state index contributed by atoms with van der Waals surface area (Å²) >= 11 is 0. The van der Waals surface area contributed by atoms with E-state index in [1.165, 1.54) is 0 Å². The van der Waals surface area contributed by atoms with Gasteiger partial charge in [0.1, 0.15) is 0 Å². The Morgan fingerprint density at radius 2 is 2.05 bits per heavy atom. The Bertz CT molecular complexity index is 616. The molecule has 2 aromatic rings. The van der Waals surface area contributed by atoms with Gasteiger partial charge in [-0.05, 0) is 18.2 Å². The third-order valence-corrected chi connectivity index (χ3v) is 3.20. The molecule has 0 spiro atoms. The first kappa shape index (κ1) is 12.0. The van der Waals surface area contributed by atoms with Gasteiger partial charge in [0.15, 0.2) is 0 Å². The van der Waals surface area contributed by atoms with Gasteiger partial charge in [-0.1, -0.05) is 0 Å². The SMILES string of the molecule is NC1COCC1C(=O)Nc1ccc2nccnc2c1. The molecule has 0 radical (unpaired) electrons. The van der Waals surface area contributed by atoms with E-state index >= 15 is 0 Å². The van der Waals surface area contributed by atoms with E-state index in [-0.39, 0.29) is 17.9 Å². The summed E-state index contributed by atoms with van der Waals surface area (Å²) in [4.78, 5) is 20.4. The van der Waals surface area contributed by atoms with E-state index < -0.39 is 0 Å². The van der Waals surface area contributed by atoms with Gasteiger partial charge in [0.05, 0.1) is 30.2 Å². The van der Waals surface area contributed by atoms with E-state index in [0.717, 1.165) is 11.0 Å². The van der Waals surface area contributed by atoms with E-state index in [1.54, 1.807) is 24.5 Å². The second kappa shape index (κ2) is 4.91. The van der Waals surface area contributed by atoms with Gasteiger partial charge in [-0.15, -0.1) is 0 Å². The lowest BCUT2D eigenvalue weighted by Gasteiger charge is -2.13. The van der Waals surface area contributed by atoms with Crippen LogP contribution in [-0.4, -0.2) is 35.1 Å². The fourth-order valence-electron chi connectivity index (χ4n) is 2.12. The highest BCUT2D eigenvalue weighted by Crippen LogP contribution is 2.18. The number of rotatable bonds is 2. The van der Waals surface area contributed by atoms with Crippen molar-refractivity contribution >= 4 is 22.6 Å². The topological polar surface area (TPSA) is 90.1 Å². The number of amides is 1. The number of hydrogen-bond acceptors (Lipinski definition) is 5. The van der Waals surface area contributed by atoms with Crippen LogP contribution >= 0.6 is 0 Å². The number of fused-ring (bicyclic) bond motifs is 1. The summed E-state index contributed by atoms with van der Waals surface area (Å²) < 4.78 is 5.19. The predicted octanol–water partition coefficient (Wildman–Crippen LogP) is 0.542. The van der Waals surface area contributed by atoms with Gasteiger partial charge in [-0.3, -0.25) is 14.8 Å². The van der Waals surface area contributed by atoms with Crippen LogP contribution in [0.25, 0.3) is 11.0 Å². The zero-order valence-electron chi connectivity index (χ0n) is 10.2. The van der Waals surface area contributed by atoms with Gasteiger partial charge >= 0.3 is 0 Å². The molecule has 6 heteroatoms. The Labute approximate surface area is 110 Å². The molecule has 1 aromatic heterocycles. The van der Waals surface area contributed by atoms with Gasteiger partial charge < -0.3 is 15.8 Å². The summed E-state index contributed by atoms with van der Waals surface area (Å²) in [6.45, 7) is 0.807. The third kappa shape index (κ3) is 2.40. The quantitative estimate of drug-likeness (QED) is 0.820. The molecule has 6 nitrogen and oxygen atoms in total. The summed E-state index contributed by atoms with van der Waals surface area (Å²) in [6, 6.07) is 5.18. The third-order valence-electron chi connectivity index (χ3n) is 3.20. The summed E-state index contributed by atoms with van der Waals surface area (Å²) in [5.41, 5.74) is 8.04. The number of carbonyl (C=O) groups is 1. The lowest BCUT2D eigenvalue weighted by atomic mass is 10.0. The minimum atomic E-state index is -0.294. The first-order valence-electron chi connectivity index (χ1n) is 6.09. The first-order valence-corrected chi connectivity index (χ1v) is 6.09. The average molecular weight is 258 g/mol. The summed E-state index contributed by atoms with van der Waals surface area (Å²) in [7, 11) is 0. The maximum absolute atomic E-state index is 12.1. The van der Waals surface area contributed by atoms with Crippen molar-refractivity contribution in [1.29, 1.82) is 0 Å². The van der Waals surface area contributed by atoms with Gasteiger partial charge in [0.2, 0.25) is 5.91 Å². The fourth-order valence-corrected chi connectivity index (χ4v) is 2.12. The number of ether oxygens (including phenoxy) is 1. The Hall–Kier alpha value is -2.05. The molecule has 1 aliphatic rings. The van der Waals surface area contributed by atoms with Crippen molar-refractivity contribution in [3.05, 3.63) is 30.6 Å². The van der Waals surface area contributed by atoms with E-state index in [9.17, 15) is 4.79 Å². The molecular weight excluding hydrogens is 244 g/mol. The van der Waals surface area contributed by atoms with Crippen LogP contribution in [-0.2, 0) is 9.53 Å². The van der Waals surface area contributed by atoms with Crippen LogP contribution in [0, 0.1) is 5.92 Å². The van der Waals surface area contributed by atoms with Gasteiger partial charge in [-0.25, -0.2) is 0 Å². The second-order valence-corrected chi connectivity index (χ2v) is 4.56. The molecule has 1 amide bonds. The highest BCUT2D eigenvalue weighted by molar-refractivity contribution is 5.95. The summed E-state index contributed by atoms with van der Waals surface area (Å²) in [5.74, 6) is -0.411. The second-order valence-electron chi connectivity index (χ2n) is 4.56. The van der Waals surface area contributed by atoms with Crippen LogP contribution in [0.5, 0.6) is 0 Å². The average Bonchev–Trinajstić information content (AvgIpc) is 2.85. The number of hydrogen-bond donors (Lipinski definition) is 2. The Morgan fingerprint density at radius 1 is 1.26 bits per heavy atom. The number of anilines is 1. The van der Waals surface area contributed by atoms with Gasteiger partial charge in [-0.2, -0.15) is 0 Å². The lowest BCUT2D eigenvalue weighted by Crippen LogP contribution is -2.37. The van der Waals surface area contributed by atoms with Crippen molar-refractivity contribution < 1.29 is 9.53 Å². The molecule has 1 fully saturated rings. The lowest BCUT2D eigenvalue weighted by molar-refractivity contribution is -0.120. The van der Waals surface area contributed by atoms with E-state index in [0.29, 0.717) is 18.9 Å². The molecule has 2 heterocycles. The fraction of sp³-hybridized carbons (Fsp3) is 0.308. The number of nitrogens with two attached hydrogens (primary N) is 1. The van der Waals surface area contributed by atoms with Gasteiger partial charge in [0, 0.05) is 24.1 Å². The summed E-state index contributed by atoms with van der Waals surface area (Å²) in [6.07, 6.45) is 3.25. The molecule has 2 unspecified atom stereocenters. The van der Waals surface area contributed by atoms with E-state index in [2.05, 4.69) is 15.3 Å².